The fourth-order valence-corrected chi connectivity index (χ4v) is 1.35. The molecule has 0 aliphatic carbocycles. The summed E-state index contributed by atoms with van der Waals surface area (Å²) in [5, 5.41) is 12.3. The molecule has 0 aromatic carbocycles. The zero-order valence-electron chi connectivity index (χ0n) is 10.5. The van der Waals surface area contributed by atoms with Crippen LogP contribution in [0.5, 0.6) is 0 Å². The van der Waals surface area contributed by atoms with Crippen LogP contribution in [0.4, 0.5) is 0 Å². The van der Waals surface area contributed by atoms with Gasteiger partial charge in [-0.15, -0.1) is 0 Å². The minimum atomic E-state index is -0.717. The summed E-state index contributed by atoms with van der Waals surface area (Å²) in [5.41, 5.74) is -0.614. The van der Waals surface area contributed by atoms with E-state index in [0.29, 0.717) is 12.5 Å². The van der Waals surface area contributed by atoms with Crippen molar-refractivity contribution < 1.29 is 9.90 Å². The van der Waals surface area contributed by atoms with Crippen LogP contribution in [0.1, 0.15) is 53.4 Å². The molecular weight excluding hydrogens is 190 g/mol. The van der Waals surface area contributed by atoms with Crippen LogP contribution in [-0.4, -0.2) is 23.7 Å². The molecule has 2 N–H and O–H groups in total. The molecule has 0 spiro atoms. The number of carbonyl (C=O) groups is 1. The molecule has 1 unspecified atom stereocenters. The normalized spacial score (nSPS) is 13.9. The third kappa shape index (κ3) is 6.50. The van der Waals surface area contributed by atoms with E-state index in [0.717, 1.165) is 6.54 Å². The molecule has 0 radical (unpaired) electrons. The number of hydrogen-bond donors (Lipinski definition) is 2. The van der Waals surface area contributed by atoms with Crippen molar-refractivity contribution in [3.8, 4) is 0 Å². The van der Waals surface area contributed by atoms with Crippen molar-refractivity contribution in [3.05, 3.63) is 0 Å². The van der Waals surface area contributed by atoms with E-state index in [1.807, 2.05) is 0 Å². The van der Waals surface area contributed by atoms with Crippen molar-refractivity contribution in [2.75, 3.05) is 6.54 Å². The monoisotopic (exact) mass is 215 g/mol. The van der Waals surface area contributed by atoms with Crippen molar-refractivity contribution in [1.82, 2.24) is 5.32 Å². The predicted octanol–water partition coefficient (Wildman–Crippen LogP) is 2.66. The molecule has 1 atom stereocenters. The van der Waals surface area contributed by atoms with Crippen molar-refractivity contribution >= 4 is 5.97 Å². The molecule has 0 aromatic heterocycles. The zero-order valence-corrected chi connectivity index (χ0v) is 10.5. The van der Waals surface area contributed by atoms with Crippen LogP contribution in [-0.2, 0) is 4.79 Å². The SMILES string of the molecule is CCCCC(C)NCCC(C)(C)C(=O)O. The minimum absolute atomic E-state index is 0.495. The summed E-state index contributed by atoms with van der Waals surface area (Å²) < 4.78 is 0. The molecule has 15 heavy (non-hydrogen) atoms. The third-order valence-corrected chi connectivity index (χ3v) is 2.81. The standard InChI is InChI=1S/C12H25NO2/c1-5-6-7-10(2)13-9-8-12(3,4)11(14)15/h10,13H,5-9H2,1-4H3,(H,14,15). The highest BCUT2D eigenvalue weighted by molar-refractivity contribution is 5.73. The molecule has 0 aliphatic rings. The second kappa shape index (κ2) is 6.83. The lowest BCUT2D eigenvalue weighted by Gasteiger charge is -2.21. The van der Waals surface area contributed by atoms with Crippen molar-refractivity contribution in [3.63, 3.8) is 0 Å². The molecule has 0 aromatic rings. The Labute approximate surface area is 93.3 Å². The number of aliphatic carboxylic acids is 1. The van der Waals surface area contributed by atoms with Crippen LogP contribution in [0, 0.1) is 5.41 Å². The van der Waals surface area contributed by atoms with E-state index in [2.05, 4.69) is 19.2 Å². The molecular formula is C12H25NO2. The number of unbranched alkanes of at least 4 members (excludes halogenated alkanes) is 1. The first kappa shape index (κ1) is 14.4. The lowest BCUT2D eigenvalue weighted by molar-refractivity contribution is -0.147. The average Bonchev–Trinajstić information content (AvgIpc) is 2.14. The van der Waals surface area contributed by atoms with Gasteiger partial charge in [-0.2, -0.15) is 0 Å². The summed E-state index contributed by atoms with van der Waals surface area (Å²) in [4.78, 5) is 10.8. The number of carboxylic acids is 1. The van der Waals surface area contributed by atoms with Gasteiger partial charge in [0.15, 0.2) is 0 Å². The van der Waals surface area contributed by atoms with Gasteiger partial charge in [-0.05, 0) is 40.2 Å². The molecule has 0 fully saturated rings. The first-order chi connectivity index (χ1) is 6.90. The van der Waals surface area contributed by atoms with Crippen LogP contribution in [0.25, 0.3) is 0 Å². The first-order valence-electron chi connectivity index (χ1n) is 5.87. The smallest absolute Gasteiger partial charge is 0.309 e. The molecule has 3 heteroatoms. The predicted molar refractivity (Wildman–Crippen MR) is 63.0 cm³/mol. The highest BCUT2D eigenvalue weighted by Crippen LogP contribution is 2.19. The molecule has 0 amide bonds. The molecule has 0 saturated heterocycles. The highest BCUT2D eigenvalue weighted by Gasteiger charge is 2.26. The van der Waals surface area contributed by atoms with E-state index < -0.39 is 11.4 Å². The Bertz CT molecular complexity index is 190. The van der Waals surface area contributed by atoms with Gasteiger partial charge in [-0.25, -0.2) is 0 Å². The van der Waals surface area contributed by atoms with Crippen molar-refractivity contribution in [1.29, 1.82) is 0 Å². The molecule has 0 aliphatic heterocycles. The number of rotatable bonds is 8. The van der Waals surface area contributed by atoms with Gasteiger partial charge < -0.3 is 10.4 Å². The van der Waals surface area contributed by atoms with Gasteiger partial charge in [-0.3, -0.25) is 4.79 Å². The summed E-state index contributed by atoms with van der Waals surface area (Å²) in [6.45, 7) is 8.66. The van der Waals surface area contributed by atoms with Crippen LogP contribution in [0.15, 0.2) is 0 Å². The molecule has 0 bridgehead atoms. The summed E-state index contributed by atoms with van der Waals surface area (Å²) in [7, 11) is 0. The van der Waals surface area contributed by atoms with Gasteiger partial charge in [0, 0.05) is 6.04 Å². The lowest BCUT2D eigenvalue weighted by Crippen LogP contribution is -2.33. The van der Waals surface area contributed by atoms with Crippen LogP contribution < -0.4 is 5.32 Å². The van der Waals surface area contributed by atoms with E-state index in [1.165, 1.54) is 19.3 Å². The Morgan fingerprint density at radius 1 is 1.47 bits per heavy atom. The largest absolute Gasteiger partial charge is 0.481 e. The van der Waals surface area contributed by atoms with Crippen LogP contribution in [0.2, 0.25) is 0 Å². The molecule has 90 valence electrons. The average molecular weight is 215 g/mol. The highest BCUT2D eigenvalue weighted by atomic mass is 16.4. The molecule has 0 saturated carbocycles. The van der Waals surface area contributed by atoms with E-state index >= 15 is 0 Å². The second-order valence-corrected chi connectivity index (χ2v) is 4.94. The Kier molecular flexibility index (Phi) is 6.57. The van der Waals surface area contributed by atoms with E-state index in [4.69, 9.17) is 5.11 Å². The summed E-state index contributed by atoms with van der Waals surface area (Å²) >= 11 is 0. The first-order valence-corrected chi connectivity index (χ1v) is 5.87. The van der Waals surface area contributed by atoms with Crippen molar-refractivity contribution in [2.45, 2.75) is 59.4 Å². The van der Waals surface area contributed by atoms with Crippen LogP contribution >= 0.6 is 0 Å². The Morgan fingerprint density at radius 2 is 2.07 bits per heavy atom. The molecule has 0 rings (SSSR count). The number of nitrogens with one attached hydrogen (secondary N) is 1. The molecule has 0 heterocycles. The van der Waals surface area contributed by atoms with Gasteiger partial charge in [0.25, 0.3) is 0 Å². The van der Waals surface area contributed by atoms with Gasteiger partial charge in [0.2, 0.25) is 0 Å². The third-order valence-electron chi connectivity index (χ3n) is 2.81. The number of hydrogen-bond acceptors (Lipinski definition) is 2. The summed E-state index contributed by atoms with van der Waals surface area (Å²) in [6.07, 6.45) is 4.30. The van der Waals surface area contributed by atoms with E-state index in [-0.39, 0.29) is 0 Å². The maximum absolute atomic E-state index is 10.8. The quantitative estimate of drug-likeness (QED) is 0.654. The summed E-state index contributed by atoms with van der Waals surface area (Å²) in [5.74, 6) is -0.717. The fraction of sp³-hybridized carbons (Fsp3) is 0.917. The fourth-order valence-electron chi connectivity index (χ4n) is 1.35. The number of carboxylic acid groups (broad SMARTS) is 1. The Balaban J connectivity index is 3.65. The van der Waals surface area contributed by atoms with Crippen LogP contribution in [0.3, 0.4) is 0 Å². The maximum Gasteiger partial charge on any atom is 0.309 e. The van der Waals surface area contributed by atoms with Gasteiger partial charge in [-0.1, -0.05) is 19.8 Å². The molecule has 3 nitrogen and oxygen atoms in total. The van der Waals surface area contributed by atoms with Gasteiger partial charge in [0.1, 0.15) is 0 Å². The van der Waals surface area contributed by atoms with Gasteiger partial charge in [0.05, 0.1) is 5.41 Å². The van der Waals surface area contributed by atoms with Crippen molar-refractivity contribution in [2.24, 2.45) is 5.41 Å². The Morgan fingerprint density at radius 3 is 2.53 bits per heavy atom. The Hall–Kier alpha value is -0.570. The zero-order chi connectivity index (χ0) is 11.9. The van der Waals surface area contributed by atoms with E-state index in [9.17, 15) is 4.79 Å². The second-order valence-electron chi connectivity index (χ2n) is 4.94. The minimum Gasteiger partial charge on any atom is -0.481 e. The van der Waals surface area contributed by atoms with E-state index in [1.54, 1.807) is 13.8 Å². The summed E-state index contributed by atoms with van der Waals surface area (Å²) in [6, 6.07) is 0.495. The lowest BCUT2D eigenvalue weighted by atomic mass is 9.89. The van der Waals surface area contributed by atoms with Gasteiger partial charge >= 0.3 is 5.97 Å². The maximum atomic E-state index is 10.8. The topological polar surface area (TPSA) is 49.3 Å².